The average Bonchev–Trinajstić information content (AvgIpc) is 3.33. The third-order valence-electron chi connectivity index (χ3n) is 5.83. The second kappa shape index (κ2) is 10.9. The molecule has 0 unspecified atom stereocenters. The van der Waals surface area contributed by atoms with Crippen molar-refractivity contribution < 1.29 is 14.1 Å². The van der Waals surface area contributed by atoms with Crippen LogP contribution in [0.5, 0.6) is 0 Å². The summed E-state index contributed by atoms with van der Waals surface area (Å²) in [4.78, 5) is 28.9. The van der Waals surface area contributed by atoms with E-state index < -0.39 is 5.97 Å². The quantitative estimate of drug-likeness (QED) is 0.463. The van der Waals surface area contributed by atoms with Gasteiger partial charge in [-0.15, -0.1) is 0 Å². The van der Waals surface area contributed by atoms with Crippen LogP contribution in [-0.2, 0) is 17.8 Å². The number of likely N-dealkylation sites (tertiary alicyclic amines) is 1. The Balaban J connectivity index is 1.30. The second-order valence-corrected chi connectivity index (χ2v) is 8.21. The van der Waals surface area contributed by atoms with E-state index >= 15 is 0 Å². The first kappa shape index (κ1) is 23.3. The van der Waals surface area contributed by atoms with Crippen molar-refractivity contribution in [2.75, 3.05) is 31.6 Å². The van der Waals surface area contributed by atoms with Gasteiger partial charge in [-0.1, -0.05) is 23.4 Å². The lowest BCUT2D eigenvalue weighted by atomic mass is 9.95. The molecular weight excluding hydrogens is 434 g/mol. The highest BCUT2D eigenvalue weighted by atomic mass is 16.5. The maximum absolute atomic E-state index is 11.7. The Morgan fingerprint density at radius 1 is 1.26 bits per heavy atom. The molecule has 4 rings (SSSR count). The van der Waals surface area contributed by atoms with Crippen LogP contribution >= 0.6 is 0 Å². The molecule has 1 aliphatic heterocycles. The third-order valence-corrected chi connectivity index (χ3v) is 5.83. The van der Waals surface area contributed by atoms with Crippen LogP contribution in [0.15, 0.2) is 41.2 Å². The molecule has 3 heterocycles. The predicted molar refractivity (Wildman–Crippen MR) is 123 cm³/mol. The zero-order chi connectivity index (χ0) is 23.9. The summed E-state index contributed by atoms with van der Waals surface area (Å²) in [6.45, 7) is 5.00. The smallest absolute Gasteiger partial charge is 0.341 e. The molecule has 176 valence electrons. The van der Waals surface area contributed by atoms with E-state index in [1.54, 1.807) is 11.8 Å². The first-order chi connectivity index (χ1) is 16.6. The highest BCUT2D eigenvalue weighted by Crippen LogP contribution is 2.27. The van der Waals surface area contributed by atoms with Crippen molar-refractivity contribution in [3.8, 4) is 6.07 Å². The van der Waals surface area contributed by atoms with Crippen molar-refractivity contribution in [2.45, 2.75) is 38.8 Å². The van der Waals surface area contributed by atoms with E-state index in [9.17, 15) is 10.1 Å². The lowest BCUT2D eigenvalue weighted by molar-refractivity contribution is 0.0525. The van der Waals surface area contributed by atoms with Crippen LogP contribution in [-0.4, -0.2) is 57.7 Å². The number of carbonyl (C=O) groups is 1. The number of anilines is 1. The molecule has 34 heavy (non-hydrogen) atoms. The zero-order valence-electron chi connectivity index (χ0n) is 19.3. The second-order valence-electron chi connectivity index (χ2n) is 8.21. The SMILES string of the molecule is CCOC(=O)c1cnc(N(C)Cc2nc(C3CCN(Cc4ccccc4C#N)CC3)no2)nc1. The Bertz CT molecular complexity index is 1150. The van der Waals surface area contributed by atoms with E-state index in [0.29, 0.717) is 30.6 Å². The van der Waals surface area contributed by atoms with Gasteiger partial charge < -0.3 is 14.2 Å². The number of hydrogen-bond donors (Lipinski definition) is 0. The molecule has 2 aromatic heterocycles. The topological polar surface area (TPSA) is 121 Å². The van der Waals surface area contributed by atoms with Gasteiger partial charge in [0.15, 0.2) is 5.82 Å². The van der Waals surface area contributed by atoms with E-state index in [-0.39, 0.29) is 5.92 Å². The van der Waals surface area contributed by atoms with Crippen LogP contribution in [0.4, 0.5) is 5.95 Å². The third kappa shape index (κ3) is 5.55. The van der Waals surface area contributed by atoms with Crippen molar-refractivity contribution >= 4 is 11.9 Å². The summed E-state index contributed by atoms with van der Waals surface area (Å²) in [6.07, 6.45) is 4.75. The molecule has 1 aliphatic rings. The number of ether oxygens (including phenoxy) is 1. The molecule has 0 aliphatic carbocycles. The van der Waals surface area contributed by atoms with Crippen LogP contribution in [0.3, 0.4) is 0 Å². The Kier molecular flexibility index (Phi) is 7.44. The molecule has 10 nitrogen and oxygen atoms in total. The average molecular weight is 462 g/mol. The zero-order valence-corrected chi connectivity index (χ0v) is 19.3. The molecule has 10 heteroatoms. The molecular formula is C24H27N7O3. The van der Waals surface area contributed by atoms with Crippen LogP contribution in [0, 0.1) is 11.3 Å². The maximum Gasteiger partial charge on any atom is 0.341 e. The molecule has 1 aromatic carbocycles. The van der Waals surface area contributed by atoms with Crippen LogP contribution in [0.2, 0.25) is 0 Å². The highest BCUT2D eigenvalue weighted by Gasteiger charge is 2.25. The fourth-order valence-electron chi connectivity index (χ4n) is 3.97. The normalized spacial score (nSPS) is 14.5. The molecule has 0 atom stereocenters. The summed E-state index contributed by atoms with van der Waals surface area (Å²) in [5.74, 6) is 1.45. The van der Waals surface area contributed by atoms with Crippen molar-refractivity contribution in [3.63, 3.8) is 0 Å². The summed E-state index contributed by atoms with van der Waals surface area (Å²) in [5, 5.41) is 13.5. The van der Waals surface area contributed by atoms with E-state index in [0.717, 1.165) is 49.4 Å². The minimum atomic E-state index is -0.446. The van der Waals surface area contributed by atoms with Gasteiger partial charge in [0.05, 0.1) is 30.3 Å². The van der Waals surface area contributed by atoms with Crippen LogP contribution < -0.4 is 4.90 Å². The van der Waals surface area contributed by atoms with E-state index in [4.69, 9.17) is 9.26 Å². The molecule has 0 spiro atoms. The van der Waals surface area contributed by atoms with Gasteiger partial charge in [-0.3, -0.25) is 4.90 Å². The standard InChI is InChI=1S/C24H27N7O3/c1-3-33-23(32)20-13-26-24(27-14-20)30(2)16-21-28-22(29-34-21)17-8-10-31(11-9-17)15-19-7-5-4-6-18(19)12-25/h4-7,13-14,17H,3,8-11,15-16H2,1-2H3. The molecule has 3 aromatic rings. The fourth-order valence-corrected chi connectivity index (χ4v) is 3.97. The van der Waals surface area contributed by atoms with Crippen molar-refractivity contribution in [3.05, 3.63) is 65.1 Å². The number of nitrogens with zero attached hydrogens (tertiary/aromatic N) is 7. The lowest BCUT2D eigenvalue weighted by Gasteiger charge is -2.30. The molecule has 0 radical (unpaired) electrons. The van der Waals surface area contributed by atoms with Crippen LogP contribution in [0.25, 0.3) is 0 Å². The molecule has 1 saturated heterocycles. The van der Waals surface area contributed by atoms with Gasteiger partial charge in [0.25, 0.3) is 0 Å². The van der Waals surface area contributed by atoms with Crippen molar-refractivity contribution in [1.82, 2.24) is 25.0 Å². The largest absolute Gasteiger partial charge is 0.462 e. The molecule has 0 saturated carbocycles. The molecule has 1 fully saturated rings. The number of benzene rings is 1. The minimum Gasteiger partial charge on any atom is -0.462 e. The van der Waals surface area contributed by atoms with Crippen molar-refractivity contribution in [1.29, 1.82) is 5.26 Å². The Hall–Kier alpha value is -3.84. The van der Waals surface area contributed by atoms with Gasteiger partial charge >= 0.3 is 5.97 Å². The minimum absolute atomic E-state index is 0.241. The maximum atomic E-state index is 11.7. The fraction of sp³-hybridized carbons (Fsp3) is 0.417. The highest BCUT2D eigenvalue weighted by molar-refractivity contribution is 5.88. The van der Waals surface area contributed by atoms with E-state index in [1.165, 1.54) is 12.4 Å². The first-order valence-corrected chi connectivity index (χ1v) is 11.3. The van der Waals surface area contributed by atoms with Gasteiger partial charge in [-0.2, -0.15) is 10.2 Å². The van der Waals surface area contributed by atoms with Gasteiger partial charge in [0.1, 0.15) is 0 Å². The Labute approximate surface area is 198 Å². The van der Waals surface area contributed by atoms with Gasteiger partial charge in [0, 0.05) is 31.9 Å². The van der Waals surface area contributed by atoms with Crippen molar-refractivity contribution in [2.24, 2.45) is 0 Å². The number of aromatic nitrogens is 4. The predicted octanol–water partition coefficient (Wildman–Crippen LogP) is 2.92. The van der Waals surface area contributed by atoms with E-state index in [2.05, 4.69) is 31.1 Å². The van der Waals surface area contributed by atoms with E-state index in [1.807, 2.05) is 31.3 Å². The Morgan fingerprint density at radius 3 is 2.71 bits per heavy atom. The number of esters is 1. The molecule has 0 amide bonds. The van der Waals surface area contributed by atoms with Gasteiger partial charge in [-0.05, 0) is 44.5 Å². The number of hydrogen-bond acceptors (Lipinski definition) is 10. The summed E-state index contributed by atoms with van der Waals surface area (Å²) in [6, 6.07) is 10.0. The summed E-state index contributed by atoms with van der Waals surface area (Å²) in [5.41, 5.74) is 2.10. The summed E-state index contributed by atoms with van der Waals surface area (Å²) >= 11 is 0. The van der Waals surface area contributed by atoms with Gasteiger partial charge in [0.2, 0.25) is 11.8 Å². The number of rotatable bonds is 8. The lowest BCUT2D eigenvalue weighted by Crippen LogP contribution is -2.33. The number of carbonyl (C=O) groups excluding carboxylic acids is 1. The Morgan fingerprint density at radius 2 is 2.00 bits per heavy atom. The molecule has 0 N–H and O–H groups in total. The monoisotopic (exact) mass is 461 g/mol. The first-order valence-electron chi connectivity index (χ1n) is 11.3. The van der Waals surface area contributed by atoms with Crippen LogP contribution in [0.1, 0.15) is 58.9 Å². The summed E-state index contributed by atoms with van der Waals surface area (Å²) < 4.78 is 10.4. The molecule has 0 bridgehead atoms. The number of piperidine rings is 1. The summed E-state index contributed by atoms with van der Waals surface area (Å²) in [7, 11) is 1.82. The van der Waals surface area contributed by atoms with Gasteiger partial charge in [-0.25, -0.2) is 14.8 Å². The number of nitriles is 1.